The van der Waals surface area contributed by atoms with Gasteiger partial charge in [0.15, 0.2) is 0 Å². The SMILES string of the molecule is CC(O)C(CC(F)(F)F)[N+](=O)[O-]. The summed E-state index contributed by atoms with van der Waals surface area (Å²) in [6.07, 6.45) is -7.81. The molecule has 0 rings (SSSR count). The fraction of sp³-hybridized carbons (Fsp3) is 1.00. The number of alkyl halides is 3. The van der Waals surface area contributed by atoms with Gasteiger partial charge in [-0.1, -0.05) is 0 Å². The van der Waals surface area contributed by atoms with E-state index in [2.05, 4.69) is 0 Å². The van der Waals surface area contributed by atoms with Crippen LogP contribution < -0.4 is 0 Å². The molecular weight excluding hydrogens is 179 g/mol. The molecular formula is C5H8F3NO3. The highest BCUT2D eigenvalue weighted by atomic mass is 19.4. The molecule has 0 bridgehead atoms. The van der Waals surface area contributed by atoms with Gasteiger partial charge in [0.25, 0.3) is 0 Å². The molecule has 0 radical (unpaired) electrons. The monoisotopic (exact) mass is 187 g/mol. The van der Waals surface area contributed by atoms with Crippen LogP contribution in [0.25, 0.3) is 0 Å². The van der Waals surface area contributed by atoms with E-state index in [1.165, 1.54) is 0 Å². The molecule has 7 heteroatoms. The quantitative estimate of drug-likeness (QED) is 0.528. The standard InChI is InChI=1S/C5H8F3NO3/c1-3(10)4(9(11)12)2-5(6,7)8/h3-4,10H,2H2,1H3. The molecule has 0 amide bonds. The Morgan fingerprint density at radius 2 is 2.00 bits per heavy atom. The highest BCUT2D eigenvalue weighted by molar-refractivity contribution is 4.67. The van der Waals surface area contributed by atoms with E-state index in [4.69, 9.17) is 5.11 Å². The van der Waals surface area contributed by atoms with Crippen molar-refractivity contribution in [3.63, 3.8) is 0 Å². The number of aliphatic hydroxyl groups excluding tert-OH is 1. The zero-order valence-corrected chi connectivity index (χ0v) is 6.21. The van der Waals surface area contributed by atoms with Crippen LogP contribution in [0.1, 0.15) is 13.3 Å². The molecule has 2 atom stereocenters. The Bertz CT molecular complexity index is 168. The van der Waals surface area contributed by atoms with Crippen LogP contribution in [0, 0.1) is 10.1 Å². The summed E-state index contributed by atoms with van der Waals surface area (Å²) in [5.74, 6) is 0. The van der Waals surface area contributed by atoms with E-state index in [1.807, 2.05) is 0 Å². The normalized spacial score (nSPS) is 17.1. The van der Waals surface area contributed by atoms with Crippen molar-refractivity contribution in [3.05, 3.63) is 10.1 Å². The van der Waals surface area contributed by atoms with E-state index in [-0.39, 0.29) is 0 Å². The van der Waals surface area contributed by atoms with E-state index in [9.17, 15) is 23.3 Å². The van der Waals surface area contributed by atoms with Gasteiger partial charge >= 0.3 is 6.18 Å². The summed E-state index contributed by atoms with van der Waals surface area (Å²) in [5, 5.41) is 18.6. The van der Waals surface area contributed by atoms with Gasteiger partial charge in [-0.3, -0.25) is 10.1 Å². The van der Waals surface area contributed by atoms with Crippen LogP contribution in [0.3, 0.4) is 0 Å². The second kappa shape index (κ2) is 3.70. The van der Waals surface area contributed by atoms with Gasteiger partial charge in [-0.2, -0.15) is 13.2 Å². The van der Waals surface area contributed by atoms with Crippen LogP contribution in [-0.2, 0) is 0 Å². The topological polar surface area (TPSA) is 63.4 Å². The lowest BCUT2D eigenvalue weighted by atomic mass is 10.1. The zero-order valence-electron chi connectivity index (χ0n) is 6.21. The zero-order chi connectivity index (χ0) is 9.94. The van der Waals surface area contributed by atoms with Gasteiger partial charge in [0.2, 0.25) is 6.04 Å². The molecule has 0 aliphatic carbocycles. The van der Waals surface area contributed by atoms with Crippen molar-refractivity contribution in [2.24, 2.45) is 0 Å². The first kappa shape index (κ1) is 11.2. The number of hydrogen-bond acceptors (Lipinski definition) is 3. The Morgan fingerprint density at radius 3 is 2.08 bits per heavy atom. The summed E-state index contributed by atoms with van der Waals surface area (Å²) in [7, 11) is 0. The maximum atomic E-state index is 11.6. The molecule has 0 aromatic carbocycles. The third-order valence-electron chi connectivity index (χ3n) is 1.27. The third kappa shape index (κ3) is 4.12. The Balaban J connectivity index is 4.25. The molecule has 0 spiro atoms. The number of nitro groups is 1. The molecule has 0 saturated carbocycles. The van der Waals surface area contributed by atoms with Crippen LogP contribution in [0.5, 0.6) is 0 Å². The number of halogens is 3. The Kier molecular flexibility index (Phi) is 3.44. The van der Waals surface area contributed by atoms with E-state index >= 15 is 0 Å². The Hall–Kier alpha value is -0.850. The van der Waals surface area contributed by atoms with Gasteiger partial charge in [-0.05, 0) is 6.92 Å². The molecule has 12 heavy (non-hydrogen) atoms. The van der Waals surface area contributed by atoms with Gasteiger partial charge in [0.05, 0.1) is 0 Å². The second-order valence-electron chi connectivity index (χ2n) is 2.41. The van der Waals surface area contributed by atoms with E-state index < -0.39 is 29.7 Å². The molecule has 1 N–H and O–H groups in total. The van der Waals surface area contributed by atoms with Gasteiger partial charge < -0.3 is 5.11 Å². The van der Waals surface area contributed by atoms with Crippen molar-refractivity contribution < 1.29 is 23.2 Å². The molecule has 0 aliphatic rings. The highest BCUT2D eigenvalue weighted by Gasteiger charge is 2.40. The summed E-state index contributed by atoms with van der Waals surface area (Å²) in [5.41, 5.74) is 0. The number of rotatable bonds is 3. The molecule has 0 aliphatic heterocycles. The van der Waals surface area contributed by atoms with Crippen LogP contribution >= 0.6 is 0 Å². The van der Waals surface area contributed by atoms with Gasteiger partial charge in [-0.15, -0.1) is 0 Å². The minimum absolute atomic E-state index is 0.958. The lowest BCUT2D eigenvalue weighted by Crippen LogP contribution is -2.35. The summed E-state index contributed by atoms with van der Waals surface area (Å²) in [6.45, 7) is 0.958. The minimum atomic E-state index is -4.62. The lowest BCUT2D eigenvalue weighted by Gasteiger charge is -2.13. The number of aliphatic hydroxyl groups is 1. The molecule has 0 fully saturated rings. The smallest absolute Gasteiger partial charge is 0.386 e. The maximum Gasteiger partial charge on any atom is 0.395 e. The van der Waals surface area contributed by atoms with Crippen molar-refractivity contribution in [3.8, 4) is 0 Å². The third-order valence-corrected chi connectivity index (χ3v) is 1.27. The van der Waals surface area contributed by atoms with Gasteiger partial charge in [-0.25, -0.2) is 0 Å². The van der Waals surface area contributed by atoms with Gasteiger partial charge in [0, 0.05) is 4.92 Å². The summed E-state index contributed by atoms with van der Waals surface area (Å²) < 4.78 is 34.8. The largest absolute Gasteiger partial charge is 0.395 e. The summed E-state index contributed by atoms with van der Waals surface area (Å²) in [6, 6.07) is -1.97. The second-order valence-corrected chi connectivity index (χ2v) is 2.41. The molecule has 72 valence electrons. The maximum absolute atomic E-state index is 11.6. The molecule has 0 saturated heterocycles. The Morgan fingerprint density at radius 1 is 1.58 bits per heavy atom. The minimum Gasteiger partial charge on any atom is -0.386 e. The van der Waals surface area contributed by atoms with Crippen molar-refractivity contribution in [1.29, 1.82) is 0 Å². The molecule has 0 heterocycles. The van der Waals surface area contributed by atoms with Crippen molar-refractivity contribution in [1.82, 2.24) is 0 Å². The molecule has 0 aromatic heterocycles. The average Bonchev–Trinajstić information content (AvgIpc) is 1.79. The number of nitrogens with zero attached hydrogens (tertiary/aromatic N) is 1. The van der Waals surface area contributed by atoms with Crippen LogP contribution in [0.2, 0.25) is 0 Å². The van der Waals surface area contributed by atoms with Gasteiger partial charge in [0.1, 0.15) is 12.5 Å². The highest BCUT2D eigenvalue weighted by Crippen LogP contribution is 2.23. The van der Waals surface area contributed by atoms with Crippen molar-refractivity contribution in [2.75, 3.05) is 0 Å². The predicted molar refractivity (Wildman–Crippen MR) is 33.1 cm³/mol. The first-order chi connectivity index (χ1) is 5.24. The average molecular weight is 187 g/mol. The first-order valence-corrected chi connectivity index (χ1v) is 3.12. The first-order valence-electron chi connectivity index (χ1n) is 3.12. The molecule has 4 nitrogen and oxygen atoms in total. The molecule has 2 unspecified atom stereocenters. The predicted octanol–water partition coefficient (Wildman–Crippen LogP) is 0.965. The summed E-state index contributed by atoms with van der Waals surface area (Å²) >= 11 is 0. The fourth-order valence-corrected chi connectivity index (χ4v) is 0.658. The van der Waals surface area contributed by atoms with Crippen molar-refractivity contribution in [2.45, 2.75) is 31.7 Å². The summed E-state index contributed by atoms with van der Waals surface area (Å²) in [4.78, 5) is 8.84. The van der Waals surface area contributed by atoms with Crippen LogP contribution in [0.15, 0.2) is 0 Å². The van der Waals surface area contributed by atoms with E-state index in [0.717, 1.165) is 6.92 Å². The molecule has 0 aromatic rings. The van der Waals surface area contributed by atoms with Crippen molar-refractivity contribution >= 4 is 0 Å². The van der Waals surface area contributed by atoms with Crippen LogP contribution in [-0.4, -0.2) is 28.4 Å². The Labute approximate surface area is 66.1 Å². The van der Waals surface area contributed by atoms with Crippen LogP contribution in [0.4, 0.5) is 13.2 Å². The van der Waals surface area contributed by atoms with E-state index in [0.29, 0.717) is 0 Å². The van der Waals surface area contributed by atoms with E-state index in [1.54, 1.807) is 0 Å². The lowest BCUT2D eigenvalue weighted by molar-refractivity contribution is -0.540. The number of hydrogen-bond donors (Lipinski definition) is 1. The fourth-order valence-electron chi connectivity index (χ4n) is 0.658.